The molecule has 0 spiro atoms. The van der Waals surface area contributed by atoms with E-state index in [0.29, 0.717) is 18.6 Å². The molecule has 0 aliphatic carbocycles. The molecule has 1 fully saturated rings. The topological polar surface area (TPSA) is 68.7 Å². The van der Waals surface area contributed by atoms with Gasteiger partial charge in [0.15, 0.2) is 0 Å². The van der Waals surface area contributed by atoms with Crippen LogP contribution in [0, 0.1) is 11.9 Å². The van der Waals surface area contributed by atoms with Gasteiger partial charge in [-0.3, -0.25) is 4.79 Å². The number of hydrogen-bond donors (Lipinski definition) is 1. The molecule has 0 amide bonds. The van der Waals surface area contributed by atoms with Crippen molar-refractivity contribution in [3.63, 3.8) is 0 Å². The summed E-state index contributed by atoms with van der Waals surface area (Å²) in [5.74, 6) is -2.29. The highest BCUT2D eigenvalue weighted by molar-refractivity contribution is 5.71. The molecule has 20 heavy (non-hydrogen) atoms. The lowest BCUT2D eigenvalue weighted by Crippen LogP contribution is -2.17. The minimum Gasteiger partial charge on any atom is -0.481 e. The molecule has 1 N–H and O–H groups in total. The van der Waals surface area contributed by atoms with E-state index >= 15 is 0 Å². The lowest BCUT2D eigenvalue weighted by atomic mass is 9.94. The van der Waals surface area contributed by atoms with Crippen LogP contribution in [0.15, 0.2) is 30.5 Å². The van der Waals surface area contributed by atoms with Crippen molar-refractivity contribution in [2.24, 2.45) is 5.92 Å². The summed E-state index contributed by atoms with van der Waals surface area (Å²) in [5.41, 5.74) is 0.493. The van der Waals surface area contributed by atoms with Crippen LogP contribution in [-0.4, -0.2) is 35.9 Å². The summed E-state index contributed by atoms with van der Waals surface area (Å²) in [5, 5.41) is 9.27. The van der Waals surface area contributed by atoms with Crippen LogP contribution in [0.3, 0.4) is 0 Å². The van der Waals surface area contributed by atoms with Gasteiger partial charge in [-0.15, -0.1) is 0 Å². The second-order valence-corrected chi connectivity index (χ2v) is 4.57. The van der Waals surface area contributed by atoms with E-state index in [1.807, 2.05) is 0 Å². The molecule has 2 heterocycles. The number of rotatable bonds is 5. The lowest BCUT2D eigenvalue weighted by molar-refractivity contribution is -0.143. The third kappa shape index (κ3) is 3.40. The number of hydrogen-bond acceptors (Lipinski definition) is 4. The van der Waals surface area contributed by atoms with E-state index in [-0.39, 0.29) is 6.10 Å². The normalized spacial score (nSPS) is 26.2. The maximum Gasteiger partial charge on any atom is 0.309 e. The zero-order valence-electron chi connectivity index (χ0n) is 11.0. The fourth-order valence-corrected chi connectivity index (χ4v) is 2.28. The number of halogens is 1. The quantitative estimate of drug-likeness (QED) is 0.660. The minimum atomic E-state index is -0.949. The van der Waals surface area contributed by atoms with Gasteiger partial charge in [-0.25, -0.2) is 4.98 Å². The summed E-state index contributed by atoms with van der Waals surface area (Å²) in [6.45, 7) is 0.437. The maximum atomic E-state index is 13.1. The van der Waals surface area contributed by atoms with Crippen molar-refractivity contribution in [3.05, 3.63) is 42.0 Å². The van der Waals surface area contributed by atoms with Gasteiger partial charge in [0.25, 0.3) is 0 Å². The molecule has 2 unspecified atom stereocenters. The van der Waals surface area contributed by atoms with Gasteiger partial charge in [-0.1, -0.05) is 12.2 Å². The van der Waals surface area contributed by atoms with E-state index in [1.165, 1.54) is 12.3 Å². The van der Waals surface area contributed by atoms with Crippen LogP contribution < -0.4 is 0 Å². The highest BCUT2D eigenvalue weighted by Crippen LogP contribution is 2.38. The van der Waals surface area contributed by atoms with E-state index < -0.39 is 23.9 Å². The summed E-state index contributed by atoms with van der Waals surface area (Å²) in [6, 6.07) is 2.78. The number of pyridine rings is 1. The number of nitrogens with zero attached hydrogens (tertiary/aromatic N) is 1. The molecule has 0 radical (unpaired) electrons. The number of aliphatic carboxylic acids is 1. The van der Waals surface area contributed by atoms with Crippen LogP contribution in [0.1, 0.15) is 18.1 Å². The molecule has 1 aromatic rings. The van der Waals surface area contributed by atoms with E-state index in [0.717, 1.165) is 0 Å². The fourth-order valence-electron chi connectivity index (χ4n) is 2.28. The van der Waals surface area contributed by atoms with Gasteiger partial charge < -0.3 is 14.6 Å². The first-order chi connectivity index (χ1) is 9.61. The monoisotopic (exact) mass is 281 g/mol. The summed E-state index contributed by atoms with van der Waals surface area (Å²) >= 11 is 0. The molecule has 2 rings (SSSR count). The van der Waals surface area contributed by atoms with Crippen molar-refractivity contribution in [1.82, 2.24) is 4.98 Å². The Hall–Kier alpha value is -1.79. The van der Waals surface area contributed by atoms with Crippen molar-refractivity contribution in [2.45, 2.75) is 18.6 Å². The van der Waals surface area contributed by atoms with Crippen LogP contribution in [0.4, 0.5) is 4.39 Å². The SMILES string of the molecule is COC/C=C/C1C[C@@H](C(=O)O)C(c2ccnc(F)c2)O1. The van der Waals surface area contributed by atoms with Crippen LogP contribution in [0.25, 0.3) is 0 Å². The van der Waals surface area contributed by atoms with E-state index in [2.05, 4.69) is 4.98 Å². The maximum absolute atomic E-state index is 13.1. The van der Waals surface area contributed by atoms with Gasteiger partial charge in [0, 0.05) is 13.3 Å². The Bertz CT molecular complexity index is 506. The van der Waals surface area contributed by atoms with Crippen LogP contribution in [-0.2, 0) is 14.3 Å². The average Bonchev–Trinajstić information content (AvgIpc) is 2.83. The molecular weight excluding hydrogens is 265 g/mol. The zero-order valence-corrected chi connectivity index (χ0v) is 11.0. The van der Waals surface area contributed by atoms with E-state index in [1.54, 1.807) is 25.3 Å². The van der Waals surface area contributed by atoms with E-state index in [9.17, 15) is 14.3 Å². The van der Waals surface area contributed by atoms with Gasteiger partial charge >= 0.3 is 5.97 Å². The van der Waals surface area contributed by atoms with Crippen LogP contribution in [0.5, 0.6) is 0 Å². The molecular formula is C14H16FNO4. The summed E-state index contributed by atoms with van der Waals surface area (Å²) in [4.78, 5) is 14.8. The highest BCUT2D eigenvalue weighted by atomic mass is 19.1. The van der Waals surface area contributed by atoms with Crippen molar-refractivity contribution in [3.8, 4) is 0 Å². The van der Waals surface area contributed by atoms with Crippen molar-refractivity contribution < 1.29 is 23.8 Å². The molecule has 1 aliphatic rings. The Morgan fingerprint density at radius 2 is 2.50 bits per heavy atom. The van der Waals surface area contributed by atoms with Crippen molar-refractivity contribution in [1.29, 1.82) is 0 Å². The standard InChI is InChI=1S/C14H16FNO4/c1-19-6-2-3-10-8-11(14(17)18)13(20-10)9-4-5-16-12(15)7-9/h2-5,7,10-11,13H,6,8H2,1H3,(H,17,18)/b3-2+/t10?,11-,13?/m1/s1. The summed E-state index contributed by atoms with van der Waals surface area (Å²) in [7, 11) is 1.57. The number of carbonyl (C=O) groups is 1. The number of methoxy groups -OCH3 is 1. The van der Waals surface area contributed by atoms with Gasteiger partial charge in [0.1, 0.15) is 0 Å². The number of aromatic nitrogens is 1. The van der Waals surface area contributed by atoms with Gasteiger partial charge in [0.2, 0.25) is 5.95 Å². The Balaban J connectivity index is 2.16. The largest absolute Gasteiger partial charge is 0.481 e. The molecule has 0 saturated carbocycles. The molecule has 0 bridgehead atoms. The molecule has 1 aliphatic heterocycles. The molecule has 1 aromatic heterocycles. The van der Waals surface area contributed by atoms with Gasteiger partial charge in [0.05, 0.1) is 24.7 Å². The number of ether oxygens (including phenoxy) is 2. The zero-order chi connectivity index (χ0) is 14.5. The third-order valence-corrected chi connectivity index (χ3v) is 3.18. The second kappa shape index (κ2) is 6.58. The minimum absolute atomic E-state index is 0.313. The first kappa shape index (κ1) is 14.6. The Morgan fingerprint density at radius 3 is 3.15 bits per heavy atom. The fraction of sp³-hybridized carbons (Fsp3) is 0.429. The number of carboxylic acids is 1. The lowest BCUT2D eigenvalue weighted by Gasteiger charge is -2.15. The summed E-state index contributed by atoms with van der Waals surface area (Å²) in [6.07, 6.45) is 4.23. The number of carboxylic acid groups (broad SMARTS) is 1. The molecule has 6 heteroatoms. The predicted molar refractivity (Wildman–Crippen MR) is 68.6 cm³/mol. The Kier molecular flexibility index (Phi) is 4.81. The van der Waals surface area contributed by atoms with Crippen LogP contribution in [0.2, 0.25) is 0 Å². The Labute approximate surface area is 116 Å². The van der Waals surface area contributed by atoms with Crippen molar-refractivity contribution >= 4 is 5.97 Å². The molecule has 1 saturated heterocycles. The average molecular weight is 281 g/mol. The predicted octanol–water partition coefficient (Wildman–Crippen LogP) is 1.95. The molecule has 108 valence electrons. The van der Waals surface area contributed by atoms with Gasteiger partial charge in [-0.2, -0.15) is 4.39 Å². The van der Waals surface area contributed by atoms with E-state index in [4.69, 9.17) is 9.47 Å². The molecule has 5 nitrogen and oxygen atoms in total. The first-order valence-electron chi connectivity index (χ1n) is 6.27. The van der Waals surface area contributed by atoms with Crippen LogP contribution >= 0.6 is 0 Å². The first-order valence-corrected chi connectivity index (χ1v) is 6.27. The Morgan fingerprint density at radius 1 is 1.70 bits per heavy atom. The highest BCUT2D eigenvalue weighted by Gasteiger charge is 2.39. The summed E-state index contributed by atoms with van der Waals surface area (Å²) < 4.78 is 23.7. The smallest absolute Gasteiger partial charge is 0.309 e. The third-order valence-electron chi connectivity index (χ3n) is 3.18. The molecule has 3 atom stereocenters. The van der Waals surface area contributed by atoms with Gasteiger partial charge in [-0.05, 0) is 24.1 Å². The van der Waals surface area contributed by atoms with Crippen molar-refractivity contribution in [2.75, 3.05) is 13.7 Å². The molecule has 0 aromatic carbocycles. The second-order valence-electron chi connectivity index (χ2n) is 4.57.